The third-order valence-corrected chi connectivity index (χ3v) is 12.0. The second-order valence-corrected chi connectivity index (χ2v) is 19.3. The van der Waals surface area contributed by atoms with Gasteiger partial charge in [0.2, 0.25) is 5.82 Å². The van der Waals surface area contributed by atoms with Crippen LogP contribution in [0.2, 0.25) is 0 Å². The Morgan fingerprint density at radius 3 is 1.19 bits per heavy atom. The first kappa shape index (κ1) is 51.5. The number of aromatic nitrogens is 4. The van der Waals surface area contributed by atoms with E-state index in [4.69, 9.17) is 0 Å². The quantitative estimate of drug-likeness (QED) is 0.0805. The molecule has 0 fully saturated rings. The average Bonchev–Trinajstić information content (AvgIpc) is 3.29. The van der Waals surface area contributed by atoms with Gasteiger partial charge >= 0.3 is 0 Å². The minimum absolute atomic E-state index is 0. The van der Waals surface area contributed by atoms with E-state index in [0.717, 1.165) is 34.4 Å². The monoisotopic (exact) mass is 937 g/mol. The van der Waals surface area contributed by atoms with Crippen LogP contribution in [0.1, 0.15) is 124 Å². The second-order valence-electron chi connectivity index (χ2n) is 19.3. The highest BCUT2D eigenvalue weighted by Gasteiger charge is 2.19. The predicted octanol–water partition coefficient (Wildman–Crippen LogP) is 12.8. The largest absolute Gasteiger partial charge is 1.00 e. The predicted molar refractivity (Wildman–Crippen MR) is 287 cm³/mol. The summed E-state index contributed by atoms with van der Waals surface area (Å²) in [5.74, 6) is 4.76. The summed E-state index contributed by atoms with van der Waals surface area (Å²) in [6.07, 6.45) is 6.89. The molecule has 8 nitrogen and oxygen atoms in total. The number of halogens is 1. The van der Waals surface area contributed by atoms with Crippen LogP contribution in [-0.4, -0.2) is 19.9 Å². The maximum absolute atomic E-state index is 4.63. The first-order valence-corrected chi connectivity index (χ1v) is 24.0. The van der Waals surface area contributed by atoms with Crippen molar-refractivity contribution in [1.29, 1.82) is 0 Å². The zero-order chi connectivity index (χ0) is 48.5. The number of quaternary nitrogens is 1. The summed E-state index contributed by atoms with van der Waals surface area (Å²) in [7, 11) is 0. The summed E-state index contributed by atoms with van der Waals surface area (Å²) in [6.45, 7) is 26.5. The van der Waals surface area contributed by atoms with Gasteiger partial charge in [-0.05, 0) is 161 Å². The maximum Gasteiger partial charge on any atom is 0.273 e. The number of anilines is 6. The summed E-state index contributed by atoms with van der Waals surface area (Å²) in [5, 5.41) is 12.5. The van der Waals surface area contributed by atoms with Gasteiger partial charge in [0.05, 0.1) is 6.20 Å². The molecule has 0 saturated heterocycles. The lowest BCUT2D eigenvalue weighted by Crippen LogP contribution is -3.00. The molecule has 5 N–H and O–H groups in total. The van der Waals surface area contributed by atoms with E-state index in [1.54, 1.807) is 24.8 Å². The van der Waals surface area contributed by atoms with E-state index in [1.807, 2.05) is 0 Å². The Balaban J connectivity index is 0.000000224. The van der Waals surface area contributed by atoms with Crippen molar-refractivity contribution in [3.63, 3.8) is 0 Å². The molecule has 6 aromatic carbocycles. The van der Waals surface area contributed by atoms with E-state index in [9.17, 15) is 0 Å². The molecule has 8 aromatic rings. The molecule has 0 spiro atoms. The number of aryl methyl sites for hydroxylation is 4. The van der Waals surface area contributed by atoms with E-state index in [1.165, 1.54) is 66.8 Å². The number of hydrogen-bond donors (Lipinski definition) is 4. The van der Waals surface area contributed by atoms with Crippen LogP contribution in [-0.2, 0) is 0 Å². The van der Waals surface area contributed by atoms with Gasteiger partial charge < -0.3 is 28.4 Å². The Morgan fingerprint density at radius 2 is 0.739 bits per heavy atom. The summed E-state index contributed by atoms with van der Waals surface area (Å²) in [6, 6.07) is 43.5. The smallest absolute Gasteiger partial charge is 0.273 e. The van der Waals surface area contributed by atoms with E-state index < -0.39 is 0 Å². The zero-order valence-electron chi connectivity index (χ0n) is 42.4. The molecule has 0 bridgehead atoms. The lowest BCUT2D eigenvalue weighted by Gasteiger charge is -2.20. The lowest BCUT2D eigenvalue weighted by atomic mass is 9.85. The first-order chi connectivity index (χ1) is 32.6. The highest BCUT2D eigenvalue weighted by Crippen LogP contribution is 2.39. The standard InChI is InChI=1S/2C30H34N4.ClH/c2*1-19(2)26-11-8-12-27(20(3)4)28(26)23-9-7-10-24(18-23)33-29-30(32-14-13-31-29)34-25-16-21(5)15-22(6)17-25;/h2*7-20H,1-6H3,(H,31,33)(H,32,34);1H. The van der Waals surface area contributed by atoms with Crippen molar-refractivity contribution in [3.05, 3.63) is 191 Å². The molecule has 9 heteroatoms. The molecular formula is C60H69ClN8. The molecule has 356 valence electrons. The van der Waals surface area contributed by atoms with E-state index in [2.05, 4.69) is 246 Å². The van der Waals surface area contributed by atoms with Crippen LogP contribution in [0.4, 0.5) is 46.0 Å². The summed E-state index contributed by atoms with van der Waals surface area (Å²) < 4.78 is 0. The molecule has 2 aromatic heterocycles. The van der Waals surface area contributed by atoms with Crippen molar-refractivity contribution < 1.29 is 17.7 Å². The van der Waals surface area contributed by atoms with Crippen LogP contribution in [0.5, 0.6) is 0 Å². The van der Waals surface area contributed by atoms with Crippen LogP contribution in [0.3, 0.4) is 0 Å². The van der Waals surface area contributed by atoms with Gasteiger partial charge in [0.25, 0.3) is 5.82 Å². The minimum Gasteiger partial charge on any atom is -1.00 e. The van der Waals surface area contributed by atoms with Crippen LogP contribution in [0, 0.1) is 27.7 Å². The molecular weight excluding hydrogens is 868 g/mol. The topological polar surface area (TPSA) is 104 Å². The molecule has 0 aliphatic carbocycles. The van der Waals surface area contributed by atoms with Crippen LogP contribution >= 0.6 is 0 Å². The third-order valence-electron chi connectivity index (χ3n) is 12.0. The van der Waals surface area contributed by atoms with E-state index >= 15 is 0 Å². The molecule has 0 aliphatic rings. The van der Waals surface area contributed by atoms with Crippen LogP contribution in [0.25, 0.3) is 22.3 Å². The Kier molecular flexibility index (Phi) is 17.5. The fraction of sp³-hybridized carbons (Fsp3) is 0.267. The average molecular weight is 938 g/mol. The number of rotatable bonds is 14. The fourth-order valence-corrected chi connectivity index (χ4v) is 9.04. The van der Waals surface area contributed by atoms with Gasteiger partial charge in [0.1, 0.15) is 5.69 Å². The van der Waals surface area contributed by atoms with Gasteiger partial charge in [-0.15, -0.1) is 0 Å². The molecule has 0 aliphatic heterocycles. The molecule has 69 heavy (non-hydrogen) atoms. The molecule has 0 amide bonds. The van der Waals surface area contributed by atoms with Gasteiger partial charge in [0, 0.05) is 41.7 Å². The normalized spacial score (nSPS) is 11.1. The van der Waals surface area contributed by atoms with Crippen molar-refractivity contribution in [1.82, 2.24) is 19.9 Å². The molecule has 0 radical (unpaired) electrons. The summed E-state index contributed by atoms with van der Waals surface area (Å²) >= 11 is 0. The number of nitrogens with zero attached hydrogens (tertiary/aromatic N) is 4. The Labute approximate surface area is 417 Å². The van der Waals surface area contributed by atoms with Gasteiger partial charge in [0.15, 0.2) is 11.6 Å². The van der Waals surface area contributed by atoms with Gasteiger partial charge in [-0.3, -0.25) is 5.32 Å². The van der Waals surface area contributed by atoms with Gasteiger partial charge in [-0.1, -0.05) is 128 Å². The molecule has 2 heterocycles. The highest BCUT2D eigenvalue weighted by atomic mass is 35.5. The summed E-state index contributed by atoms with van der Waals surface area (Å²) in [4.78, 5) is 18.3. The number of nitrogens with two attached hydrogens (primary N) is 1. The van der Waals surface area contributed by atoms with Crippen molar-refractivity contribution in [3.8, 4) is 22.3 Å². The minimum atomic E-state index is 0. The lowest BCUT2D eigenvalue weighted by molar-refractivity contribution is -0.482. The first-order valence-electron chi connectivity index (χ1n) is 24.0. The molecule has 0 saturated carbocycles. The van der Waals surface area contributed by atoms with Crippen molar-refractivity contribution >= 4 is 46.0 Å². The van der Waals surface area contributed by atoms with Gasteiger partial charge in [-0.2, -0.15) is 4.98 Å². The number of hydrogen-bond acceptors (Lipinski definition) is 7. The maximum atomic E-state index is 4.63. The number of nitrogens with one attached hydrogen (secondary N) is 3. The highest BCUT2D eigenvalue weighted by molar-refractivity contribution is 5.79. The van der Waals surface area contributed by atoms with E-state index in [-0.39, 0.29) is 12.4 Å². The Morgan fingerprint density at radius 1 is 0.377 bits per heavy atom. The number of benzene rings is 6. The van der Waals surface area contributed by atoms with Crippen LogP contribution < -0.4 is 33.7 Å². The Bertz CT molecular complexity index is 2700. The van der Waals surface area contributed by atoms with E-state index in [0.29, 0.717) is 35.3 Å². The van der Waals surface area contributed by atoms with Crippen molar-refractivity contribution in [2.75, 3.05) is 16.0 Å². The SMILES string of the molecule is Cc1cc(C)cc(Nc2nccnc2Nc2cccc(-c3c(C(C)C)cccc3C(C)C)c2)c1.Cc1cc(C)cc(Nc2nccnc2[NH2+]c2cccc(-c3c(C(C)C)cccc3C(C)C)c2)c1.[Cl-]. The second kappa shape index (κ2) is 23.4. The zero-order valence-corrected chi connectivity index (χ0v) is 43.2. The fourth-order valence-electron chi connectivity index (χ4n) is 9.04. The van der Waals surface area contributed by atoms with Crippen molar-refractivity contribution in [2.24, 2.45) is 0 Å². The summed E-state index contributed by atoms with van der Waals surface area (Å²) in [5.41, 5.74) is 19.6. The third kappa shape index (κ3) is 13.2. The van der Waals surface area contributed by atoms with Crippen molar-refractivity contribution in [2.45, 2.75) is 107 Å². The molecule has 8 rings (SSSR count). The Hall–Kier alpha value is -6.87. The van der Waals surface area contributed by atoms with Crippen LogP contribution in [0.15, 0.2) is 146 Å². The molecule has 0 atom stereocenters. The molecule has 0 unspecified atom stereocenters. The van der Waals surface area contributed by atoms with Gasteiger partial charge in [-0.25, -0.2) is 15.0 Å².